The van der Waals surface area contributed by atoms with Crippen molar-refractivity contribution in [3.63, 3.8) is 0 Å². The van der Waals surface area contributed by atoms with Crippen LogP contribution >= 0.6 is 0 Å². The quantitative estimate of drug-likeness (QED) is 0.139. The number of hydrogen-bond acceptors (Lipinski definition) is 3. The lowest BCUT2D eigenvalue weighted by molar-refractivity contribution is -0.896. The van der Waals surface area contributed by atoms with Crippen molar-refractivity contribution >= 4 is 10.1 Å². The van der Waals surface area contributed by atoms with Crippen LogP contribution in [0.2, 0.25) is 0 Å². The summed E-state index contributed by atoms with van der Waals surface area (Å²) >= 11 is 0. The van der Waals surface area contributed by atoms with E-state index in [0.29, 0.717) is 0 Å². The number of hydrogen-bond donors (Lipinski definition) is 0. The summed E-state index contributed by atoms with van der Waals surface area (Å²) in [7, 11) is -3.50. The second kappa shape index (κ2) is 11.4. The first-order valence-electron chi connectivity index (χ1n) is 10.3. The molecule has 0 aliphatic rings. The van der Waals surface area contributed by atoms with Crippen LogP contribution in [0, 0.1) is 11.8 Å². The lowest BCUT2D eigenvalue weighted by atomic mass is 9.91. The average molecular weight is 657 g/mol. The van der Waals surface area contributed by atoms with Gasteiger partial charge >= 0.3 is 47.0 Å². The van der Waals surface area contributed by atoms with Crippen molar-refractivity contribution in [3.05, 3.63) is 0 Å². The summed E-state index contributed by atoms with van der Waals surface area (Å²) in [4.78, 5) is 0. The van der Waals surface area contributed by atoms with E-state index in [9.17, 15) is 87.6 Å². The van der Waals surface area contributed by atoms with Gasteiger partial charge in [-0.2, -0.15) is 74.6 Å². The van der Waals surface area contributed by atoms with Crippen LogP contribution in [-0.4, -0.2) is 91.6 Å². The van der Waals surface area contributed by atoms with Crippen LogP contribution in [0.25, 0.3) is 0 Å². The summed E-state index contributed by atoms with van der Waals surface area (Å²) in [5, 5.41) is -7.95. The number of quaternary nitrogens is 1. The highest BCUT2D eigenvalue weighted by molar-refractivity contribution is 7.86. The van der Waals surface area contributed by atoms with E-state index in [1.54, 1.807) is 0 Å². The molecule has 0 aromatic carbocycles. The van der Waals surface area contributed by atoms with Gasteiger partial charge in [0, 0.05) is 11.8 Å². The van der Waals surface area contributed by atoms with Gasteiger partial charge < -0.3 is 9.04 Å². The molecule has 0 amide bonds. The zero-order chi connectivity index (χ0) is 33.6. The predicted octanol–water partition coefficient (Wildman–Crippen LogP) is 6.87. The van der Waals surface area contributed by atoms with Crippen LogP contribution in [0.5, 0.6) is 0 Å². The van der Waals surface area contributed by atoms with Crippen molar-refractivity contribution in [2.75, 3.05) is 27.2 Å². The fourth-order valence-electron chi connectivity index (χ4n) is 3.36. The Balaban J connectivity index is 0. The highest BCUT2D eigenvalue weighted by Crippen LogP contribution is 2.64. The Hall–Kier alpha value is -1.32. The standard InChI is InChI=1S/C10H24N.C8HF17O3S/c1-9(2)7-11(5,6)8-10(3)4;9-1(10,3(13,14)5(17,18)7(21,22)23)2(11,12)4(15,16)6(19,20)8(24,25)29(26,27)28/h9-10H,7-8H2,1-6H3;(H,26,27,28)/q+1;/p-1. The Bertz CT molecular complexity index is 945. The molecule has 0 bridgehead atoms. The van der Waals surface area contributed by atoms with E-state index in [1.807, 2.05) is 0 Å². The molecule has 0 aliphatic heterocycles. The maximum atomic E-state index is 13.0. The molecule has 0 heterocycles. The molecule has 0 aliphatic carbocycles. The van der Waals surface area contributed by atoms with Gasteiger partial charge in [0.15, 0.2) is 10.1 Å². The molecule has 0 spiro atoms. The van der Waals surface area contributed by atoms with Crippen LogP contribution in [0.15, 0.2) is 0 Å². The van der Waals surface area contributed by atoms with Crippen LogP contribution in [0.3, 0.4) is 0 Å². The van der Waals surface area contributed by atoms with Gasteiger partial charge in [-0.25, -0.2) is 8.42 Å². The van der Waals surface area contributed by atoms with Crippen molar-refractivity contribution in [3.8, 4) is 0 Å². The maximum Gasteiger partial charge on any atom is 0.460 e. The van der Waals surface area contributed by atoms with Gasteiger partial charge in [-0.05, 0) is 0 Å². The van der Waals surface area contributed by atoms with E-state index >= 15 is 0 Å². The number of alkyl halides is 17. The third-order valence-electron chi connectivity index (χ3n) is 4.73. The minimum absolute atomic E-state index is 0.809. The Kier molecular flexibility index (Phi) is 11.6. The zero-order valence-corrected chi connectivity index (χ0v) is 21.9. The molecule has 0 saturated carbocycles. The van der Waals surface area contributed by atoms with Crippen LogP contribution < -0.4 is 0 Å². The zero-order valence-electron chi connectivity index (χ0n) is 21.1. The fourth-order valence-corrected chi connectivity index (χ4v) is 3.80. The van der Waals surface area contributed by atoms with Crippen molar-refractivity contribution in [2.24, 2.45) is 11.8 Å². The molecule has 0 aromatic rings. The summed E-state index contributed by atoms with van der Waals surface area (Å²) in [6, 6.07) is 0. The van der Waals surface area contributed by atoms with Crippen molar-refractivity contribution in [1.29, 1.82) is 0 Å². The van der Waals surface area contributed by atoms with Gasteiger partial charge in [-0.3, -0.25) is 0 Å². The van der Waals surface area contributed by atoms with Crippen LogP contribution in [0.4, 0.5) is 74.6 Å². The van der Waals surface area contributed by atoms with E-state index in [0.717, 1.165) is 16.3 Å². The van der Waals surface area contributed by atoms with Crippen LogP contribution in [-0.2, 0) is 10.1 Å². The normalized spacial score (nSPS) is 15.8. The van der Waals surface area contributed by atoms with Gasteiger partial charge in [0.25, 0.3) is 0 Å². The molecule has 0 aromatic heterocycles. The molecule has 0 saturated heterocycles. The van der Waals surface area contributed by atoms with Crippen molar-refractivity contribution in [2.45, 2.75) is 74.7 Å². The lowest BCUT2D eigenvalue weighted by Crippen LogP contribution is -2.75. The fraction of sp³-hybridized carbons (Fsp3) is 1.00. The van der Waals surface area contributed by atoms with Crippen molar-refractivity contribution in [1.82, 2.24) is 0 Å². The minimum Gasteiger partial charge on any atom is -0.743 e. The minimum atomic E-state index is -8.92. The first-order valence-corrected chi connectivity index (χ1v) is 11.7. The number of rotatable bonds is 11. The molecule has 0 atom stereocenters. The molecule has 0 rings (SSSR count). The average Bonchev–Trinajstić information content (AvgIpc) is 2.63. The first kappa shape index (κ1) is 40.8. The Labute approximate surface area is 216 Å². The number of nitrogens with zero attached hydrogens (tertiary/aromatic N) is 1. The molecule has 22 heteroatoms. The Morgan fingerprint density at radius 1 is 0.525 bits per heavy atom. The third kappa shape index (κ3) is 7.17. The highest BCUT2D eigenvalue weighted by atomic mass is 32.2. The summed E-state index contributed by atoms with van der Waals surface area (Å²) in [5.41, 5.74) is 0. The Morgan fingerprint density at radius 2 is 0.750 bits per heavy atom. The topological polar surface area (TPSA) is 57.2 Å². The number of halogens is 17. The Morgan fingerprint density at radius 3 is 0.950 bits per heavy atom. The molecule has 0 N–H and O–H groups in total. The first-order chi connectivity index (χ1) is 16.8. The summed E-state index contributed by atoms with van der Waals surface area (Å²) in [6.07, 6.45) is -7.89. The SMILES string of the molecule is CC(C)C[N+](C)(C)CC(C)C.O=S(=O)([O-])C(F)(F)C(F)(F)C(F)(F)C(F)(F)C(F)(F)C(F)(F)C(F)(F)C(F)(F)F. The second-order valence-corrected chi connectivity index (χ2v) is 11.4. The van der Waals surface area contributed by atoms with E-state index in [2.05, 4.69) is 41.8 Å². The van der Waals surface area contributed by atoms with E-state index in [-0.39, 0.29) is 0 Å². The van der Waals surface area contributed by atoms with E-state index in [1.165, 1.54) is 13.1 Å². The van der Waals surface area contributed by atoms with Gasteiger partial charge in [0.1, 0.15) is 0 Å². The smallest absolute Gasteiger partial charge is 0.460 e. The monoisotopic (exact) mass is 657 g/mol. The van der Waals surface area contributed by atoms with Gasteiger partial charge in [-0.15, -0.1) is 0 Å². The second-order valence-electron chi connectivity index (χ2n) is 10.0. The molecule has 244 valence electrons. The van der Waals surface area contributed by atoms with Crippen LogP contribution in [0.1, 0.15) is 27.7 Å². The molecule has 0 unspecified atom stereocenters. The maximum absolute atomic E-state index is 13.0. The molecule has 0 fully saturated rings. The van der Waals surface area contributed by atoms with Gasteiger partial charge in [0.2, 0.25) is 0 Å². The summed E-state index contributed by atoms with van der Waals surface area (Å²) < 4.78 is 245. The molecular weight excluding hydrogens is 633 g/mol. The summed E-state index contributed by atoms with van der Waals surface area (Å²) in [6.45, 7) is 11.7. The summed E-state index contributed by atoms with van der Waals surface area (Å²) in [5.74, 6) is -50.5. The predicted molar refractivity (Wildman–Crippen MR) is 102 cm³/mol. The van der Waals surface area contributed by atoms with Gasteiger partial charge in [-0.1, -0.05) is 27.7 Å². The molecule has 4 nitrogen and oxygen atoms in total. The molecule has 40 heavy (non-hydrogen) atoms. The van der Waals surface area contributed by atoms with E-state index < -0.39 is 57.1 Å². The molecular formula is C18H24F17NO3S. The highest BCUT2D eigenvalue weighted by Gasteiger charge is 2.95. The van der Waals surface area contributed by atoms with E-state index in [4.69, 9.17) is 0 Å². The largest absolute Gasteiger partial charge is 0.743 e. The third-order valence-corrected chi connectivity index (χ3v) is 5.61. The lowest BCUT2D eigenvalue weighted by Gasteiger charge is -2.42. The van der Waals surface area contributed by atoms with Crippen molar-refractivity contribution < 1.29 is 92.1 Å². The van der Waals surface area contributed by atoms with Gasteiger partial charge in [0.05, 0.1) is 27.2 Å². The molecule has 0 radical (unpaired) electrons.